The number of rotatable bonds is 7. The smallest absolute Gasteiger partial charge is 0.382 e. The number of halogens is 4. The predicted molar refractivity (Wildman–Crippen MR) is 68.0 cm³/mol. The van der Waals surface area contributed by atoms with Crippen LogP contribution in [0.4, 0.5) is 13.2 Å². The minimum absolute atomic E-state index is 0.00891. The van der Waals surface area contributed by atoms with Crippen LogP contribution in [0.3, 0.4) is 0 Å². The molecule has 1 aromatic rings. The van der Waals surface area contributed by atoms with Crippen LogP contribution in [0.15, 0.2) is 0 Å². The lowest BCUT2D eigenvalue weighted by atomic mass is 10.3. The minimum atomic E-state index is -4.48. The van der Waals surface area contributed by atoms with Crippen LogP contribution < -0.4 is 0 Å². The summed E-state index contributed by atoms with van der Waals surface area (Å²) in [5, 5.41) is 6.71. The van der Waals surface area contributed by atoms with Gasteiger partial charge in [0.15, 0.2) is 0 Å². The number of ether oxygens (including phenoxy) is 1. The Kier molecular flexibility index (Phi) is 6.63. The molecule has 0 aliphatic rings. The van der Waals surface area contributed by atoms with E-state index >= 15 is 0 Å². The van der Waals surface area contributed by atoms with E-state index in [1.807, 2.05) is 0 Å². The third kappa shape index (κ3) is 6.02. The van der Waals surface area contributed by atoms with E-state index in [4.69, 9.17) is 16.3 Å². The highest BCUT2D eigenvalue weighted by molar-refractivity contribution is 7.17. The number of hydrogen-bond donors (Lipinski definition) is 0. The van der Waals surface area contributed by atoms with Crippen LogP contribution in [0.5, 0.6) is 0 Å². The lowest BCUT2D eigenvalue weighted by molar-refractivity contribution is -0.141. The average molecular weight is 332 g/mol. The van der Waals surface area contributed by atoms with Gasteiger partial charge >= 0.3 is 6.18 Å². The molecule has 0 aromatic carbocycles. The van der Waals surface area contributed by atoms with Crippen molar-refractivity contribution in [3.05, 3.63) is 9.47 Å². The Labute approximate surface area is 122 Å². The van der Waals surface area contributed by atoms with E-state index in [1.54, 1.807) is 6.92 Å². The maximum Gasteiger partial charge on any atom is 0.406 e. The summed E-state index contributed by atoms with van der Waals surface area (Å²) >= 11 is 6.27. The van der Waals surface area contributed by atoms with E-state index in [0.717, 1.165) is 11.3 Å². The zero-order valence-corrected chi connectivity index (χ0v) is 12.2. The van der Waals surface area contributed by atoms with Crippen molar-refractivity contribution in [1.29, 1.82) is 0 Å². The van der Waals surface area contributed by atoms with Crippen molar-refractivity contribution in [2.45, 2.75) is 19.5 Å². The van der Waals surface area contributed by atoms with Crippen molar-refractivity contribution < 1.29 is 22.7 Å². The molecule has 1 heterocycles. The molecule has 5 nitrogen and oxygen atoms in total. The van der Waals surface area contributed by atoms with Gasteiger partial charge < -0.3 is 9.64 Å². The van der Waals surface area contributed by atoms with Gasteiger partial charge in [-0.3, -0.25) is 4.79 Å². The molecule has 20 heavy (non-hydrogen) atoms. The Morgan fingerprint density at radius 2 is 2.15 bits per heavy atom. The summed E-state index contributed by atoms with van der Waals surface area (Å²) in [5.41, 5.74) is 0. The first kappa shape index (κ1) is 17.1. The fourth-order valence-electron chi connectivity index (χ4n) is 1.40. The molecule has 0 unspecified atom stereocenters. The molecular formula is C10H13ClF3N3O2S. The average Bonchev–Trinajstić information content (AvgIpc) is 2.77. The molecule has 10 heteroatoms. The van der Waals surface area contributed by atoms with Gasteiger partial charge in [0, 0.05) is 19.8 Å². The lowest BCUT2D eigenvalue weighted by Gasteiger charge is -2.22. The number of aromatic nitrogens is 2. The zero-order chi connectivity index (χ0) is 15.2. The molecule has 0 radical (unpaired) electrons. The maximum absolute atomic E-state index is 12.5. The van der Waals surface area contributed by atoms with Crippen molar-refractivity contribution in [2.24, 2.45) is 0 Å². The van der Waals surface area contributed by atoms with E-state index in [9.17, 15) is 18.0 Å². The van der Waals surface area contributed by atoms with Gasteiger partial charge in [0.1, 0.15) is 6.54 Å². The van der Waals surface area contributed by atoms with Gasteiger partial charge in [-0.1, -0.05) is 11.3 Å². The van der Waals surface area contributed by atoms with Crippen molar-refractivity contribution in [2.75, 3.05) is 26.3 Å². The summed E-state index contributed by atoms with van der Waals surface area (Å²) in [6, 6.07) is 0. The van der Waals surface area contributed by atoms with Crippen molar-refractivity contribution in [1.82, 2.24) is 15.1 Å². The van der Waals surface area contributed by atoms with Crippen molar-refractivity contribution in [3.63, 3.8) is 0 Å². The highest BCUT2D eigenvalue weighted by Crippen LogP contribution is 2.21. The second kappa shape index (κ2) is 7.75. The lowest BCUT2D eigenvalue weighted by Crippen LogP contribution is -2.40. The summed E-state index contributed by atoms with van der Waals surface area (Å²) in [6.45, 7) is 1.13. The fraction of sp³-hybridized carbons (Fsp3) is 0.700. The second-order valence-corrected chi connectivity index (χ2v) is 5.31. The summed E-state index contributed by atoms with van der Waals surface area (Å²) in [7, 11) is 0. The summed E-state index contributed by atoms with van der Waals surface area (Å²) in [6.07, 6.45) is -4.17. The Hall–Kier alpha value is -0.930. The molecule has 1 rings (SSSR count). The number of hydrogen-bond acceptors (Lipinski definition) is 5. The monoisotopic (exact) mass is 331 g/mol. The highest BCUT2D eigenvalue weighted by Gasteiger charge is 2.34. The molecular weight excluding hydrogens is 319 g/mol. The molecule has 0 aliphatic heterocycles. The maximum atomic E-state index is 12.5. The Balaban J connectivity index is 2.68. The molecule has 0 N–H and O–H groups in total. The first-order valence-electron chi connectivity index (χ1n) is 5.76. The van der Waals surface area contributed by atoms with E-state index < -0.39 is 18.6 Å². The summed E-state index contributed by atoms with van der Waals surface area (Å²) < 4.78 is 42.5. The normalized spacial score (nSPS) is 11.7. The molecule has 114 valence electrons. The van der Waals surface area contributed by atoms with Crippen molar-refractivity contribution >= 4 is 28.8 Å². The molecule has 1 amide bonds. The summed E-state index contributed by atoms with van der Waals surface area (Å²) in [4.78, 5) is 12.6. The van der Waals surface area contributed by atoms with Crippen LogP contribution in [0.2, 0.25) is 4.47 Å². The molecule has 0 spiro atoms. The van der Waals surface area contributed by atoms with Crippen LogP contribution in [-0.2, 0) is 4.74 Å². The Morgan fingerprint density at radius 3 is 2.65 bits per heavy atom. The van der Waals surface area contributed by atoms with Gasteiger partial charge in [0.05, 0.1) is 0 Å². The van der Waals surface area contributed by atoms with Gasteiger partial charge in [-0.25, -0.2) is 0 Å². The van der Waals surface area contributed by atoms with Crippen LogP contribution >= 0.6 is 22.9 Å². The molecule has 0 aliphatic carbocycles. The highest BCUT2D eigenvalue weighted by atomic mass is 35.5. The summed E-state index contributed by atoms with van der Waals surface area (Å²) in [5.74, 6) is -0.830. The molecule has 1 aromatic heterocycles. The second-order valence-electron chi connectivity index (χ2n) is 3.75. The number of alkyl halides is 3. The Bertz CT molecular complexity index is 442. The third-order valence-electron chi connectivity index (χ3n) is 2.16. The van der Waals surface area contributed by atoms with Crippen LogP contribution in [-0.4, -0.2) is 53.5 Å². The van der Waals surface area contributed by atoms with Gasteiger partial charge in [-0.2, -0.15) is 13.2 Å². The van der Waals surface area contributed by atoms with Crippen LogP contribution in [0.25, 0.3) is 0 Å². The predicted octanol–water partition coefficient (Wildman–Crippen LogP) is 2.62. The van der Waals surface area contributed by atoms with E-state index in [0.29, 0.717) is 17.9 Å². The fourth-order valence-corrected chi connectivity index (χ4v) is 2.19. The quantitative estimate of drug-likeness (QED) is 0.721. The first-order chi connectivity index (χ1) is 9.33. The van der Waals surface area contributed by atoms with Gasteiger partial charge in [0.25, 0.3) is 5.91 Å². The third-order valence-corrected chi connectivity index (χ3v) is 3.17. The van der Waals surface area contributed by atoms with Crippen LogP contribution in [0, 0.1) is 0 Å². The molecule has 0 bridgehead atoms. The van der Waals surface area contributed by atoms with Gasteiger partial charge in [-0.15, -0.1) is 10.2 Å². The molecule has 0 atom stereocenters. The largest absolute Gasteiger partial charge is 0.406 e. The standard InChI is InChI=1S/C10H13ClF3N3O2S/c1-2-19-5-3-4-17(6-10(12,13)14)8(18)7-15-16-9(11)20-7/h2-6H2,1H3. The number of carbonyl (C=O) groups excluding carboxylic acids is 1. The van der Waals surface area contributed by atoms with Crippen molar-refractivity contribution in [3.8, 4) is 0 Å². The van der Waals surface area contributed by atoms with E-state index in [-0.39, 0.29) is 22.6 Å². The van der Waals surface area contributed by atoms with Gasteiger partial charge in [-0.05, 0) is 24.9 Å². The van der Waals surface area contributed by atoms with Crippen LogP contribution in [0.1, 0.15) is 23.1 Å². The zero-order valence-electron chi connectivity index (χ0n) is 10.6. The van der Waals surface area contributed by atoms with E-state index in [2.05, 4.69) is 10.2 Å². The Morgan fingerprint density at radius 1 is 1.45 bits per heavy atom. The van der Waals surface area contributed by atoms with E-state index in [1.165, 1.54) is 0 Å². The molecule has 0 saturated heterocycles. The number of nitrogens with zero attached hydrogens (tertiary/aromatic N) is 3. The minimum Gasteiger partial charge on any atom is -0.382 e. The number of amides is 1. The molecule has 0 fully saturated rings. The topological polar surface area (TPSA) is 55.3 Å². The molecule has 0 saturated carbocycles. The van der Waals surface area contributed by atoms with Gasteiger partial charge in [0.2, 0.25) is 9.47 Å². The SMILES string of the molecule is CCOCCCN(CC(F)(F)F)C(=O)c1nnc(Cl)s1. The number of carbonyl (C=O) groups is 1. The first-order valence-corrected chi connectivity index (χ1v) is 6.95.